The summed E-state index contributed by atoms with van der Waals surface area (Å²) in [6.07, 6.45) is 2.30. The van der Waals surface area contributed by atoms with Crippen LogP contribution in [-0.2, 0) is 11.2 Å². The van der Waals surface area contributed by atoms with Crippen molar-refractivity contribution >= 4 is 5.97 Å². The van der Waals surface area contributed by atoms with Crippen LogP contribution in [0.15, 0.2) is 30.3 Å². The molecule has 0 amide bonds. The molecule has 106 valence electrons. The molecule has 1 unspecified atom stereocenters. The van der Waals surface area contributed by atoms with Crippen LogP contribution in [0.2, 0.25) is 0 Å². The number of hydrogen-bond acceptors (Lipinski definition) is 3. The van der Waals surface area contributed by atoms with E-state index in [1.807, 2.05) is 18.2 Å². The Hall–Kier alpha value is -1.39. The van der Waals surface area contributed by atoms with Gasteiger partial charge in [0.1, 0.15) is 5.54 Å². The lowest BCUT2D eigenvalue weighted by Crippen LogP contribution is -2.45. The molecule has 0 saturated heterocycles. The summed E-state index contributed by atoms with van der Waals surface area (Å²) >= 11 is 0. The summed E-state index contributed by atoms with van der Waals surface area (Å²) in [5.74, 6) is -0.931. The normalized spacial score (nSPS) is 14.3. The maximum Gasteiger partial charge on any atom is 0.323 e. The van der Waals surface area contributed by atoms with E-state index < -0.39 is 11.5 Å². The lowest BCUT2D eigenvalue weighted by molar-refractivity contribution is -0.142. The van der Waals surface area contributed by atoms with Gasteiger partial charge in [0.05, 0.1) is 0 Å². The largest absolute Gasteiger partial charge is 0.480 e. The second kappa shape index (κ2) is 7.26. The molecule has 0 radical (unpaired) electrons. The van der Waals surface area contributed by atoms with Crippen LogP contribution in [0, 0.1) is 0 Å². The third-order valence-electron chi connectivity index (χ3n) is 3.35. The smallest absolute Gasteiger partial charge is 0.323 e. The van der Waals surface area contributed by atoms with Crippen molar-refractivity contribution in [3.63, 3.8) is 0 Å². The Morgan fingerprint density at radius 2 is 1.95 bits per heavy atom. The maximum atomic E-state index is 10.9. The van der Waals surface area contributed by atoms with Gasteiger partial charge in [-0.3, -0.25) is 4.79 Å². The van der Waals surface area contributed by atoms with Gasteiger partial charge in [0.15, 0.2) is 0 Å². The van der Waals surface area contributed by atoms with Crippen molar-refractivity contribution in [3.8, 4) is 0 Å². The first-order valence-corrected chi connectivity index (χ1v) is 6.66. The molecule has 0 bridgehead atoms. The van der Waals surface area contributed by atoms with Crippen LogP contribution in [0.25, 0.3) is 0 Å². The summed E-state index contributed by atoms with van der Waals surface area (Å²) in [6.45, 7) is 3.41. The van der Waals surface area contributed by atoms with E-state index in [2.05, 4.69) is 24.1 Å². The predicted molar refractivity (Wildman–Crippen MR) is 77.1 cm³/mol. The second-order valence-electron chi connectivity index (χ2n) is 5.37. The molecule has 0 aliphatic rings. The van der Waals surface area contributed by atoms with Crippen molar-refractivity contribution < 1.29 is 9.90 Å². The zero-order valence-corrected chi connectivity index (χ0v) is 11.8. The lowest BCUT2D eigenvalue weighted by atomic mass is 9.97. The average Bonchev–Trinajstić information content (AvgIpc) is 2.37. The number of benzene rings is 1. The molecule has 0 aliphatic heterocycles. The fraction of sp³-hybridized carbons (Fsp3) is 0.533. The molecular formula is C15H24N2O2. The van der Waals surface area contributed by atoms with Crippen molar-refractivity contribution in [1.82, 2.24) is 4.90 Å². The summed E-state index contributed by atoms with van der Waals surface area (Å²) in [6, 6.07) is 10.3. The molecule has 1 atom stereocenters. The number of aliphatic carboxylic acids is 1. The monoisotopic (exact) mass is 264 g/mol. The van der Waals surface area contributed by atoms with Crippen molar-refractivity contribution in [2.45, 2.75) is 31.7 Å². The SMILES string of the molecule is CN(CCCC(C)(N)C(=O)O)CCc1ccccc1. The molecule has 1 aromatic carbocycles. The Labute approximate surface area is 115 Å². The van der Waals surface area contributed by atoms with Crippen LogP contribution in [0.4, 0.5) is 0 Å². The zero-order chi connectivity index (χ0) is 14.3. The Balaban J connectivity index is 2.22. The first kappa shape index (κ1) is 15.7. The molecule has 0 spiro atoms. The maximum absolute atomic E-state index is 10.9. The topological polar surface area (TPSA) is 66.6 Å². The molecule has 0 heterocycles. The summed E-state index contributed by atoms with van der Waals surface area (Å²) in [5, 5.41) is 8.92. The molecular weight excluding hydrogens is 240 g/mol. The third kappa shape index (κ3) is 5.85. The highest BCUT2D eigenvalue weighted by Crippen LogP contribution is 2.09. The molecule has 3 N–H and O–H groups in total. The van der Waals surface area contributed by atoms with Crippen molar-refractivity contribution in [2.24, 2.45) is 5.73 Å². The van der Waals surface area contributed by atoms with Crippen LogP contribution in [0.5, 0.6) is 0 Å². The minimum atomic E-state index is -1.11. The van der Waals surface area contributed by atoms with Crippen LogP contribution in [0.1, 0.15) is 25.3 Å². The molecule has 0 aliphatic carbocycles. The highest BCUT2D eigenvalue weighted by atomic mass is 16.4. The van der Waals surface area contributed by atoms with Gasteiger partial charge >= 0.3 is 5.97 Å². The van der Waals surface area contributed by atoms with E-state index in [1.165, 1.54) is 5.56 Å². The Kier molecular flexibility index (Phi) is 5.99. The zero-order valence-electron chi connectivity index (χ0n) is 11.8. The van der Waals surface area contributed by atoms with E-state index in [0.29, 0.717) is 6.42 Å². The molecule has 0 aromatic heterocycles. The van der Waals surface area contributed by atoms with Gasteiger partial charge in [0.25, 0.3) is 0 Å². The quantitative estimate of drug-likeness (QED) is 0.750. The first-order chi connectivity index (χ1) is 8.92. The highest BCUT2D eigenvalue weighted by molar-refractivity contribution is 5.77. The summed E-state index contributed by atoms with van der Waals surface area (Å²) < 4.78 is 0. The molecule has 0 saturated carbocycles. The lowest BCUT2D eigenvalue weighted by Gasteiger charge is -2.21. The molecule has 1 aromatic rings. The van der Waals surface area contributed by atoms with Crippen LogP contribution in [-0.4, -0.2) is 41.7 Å². The van der Waals surface area contributed by atoms with Crippen molar-refractivity contribution in [3.05, 3.63) is 35.9 Å². The fourth-order valence-electron chi connectivity index (χ4n) is 1.90. The van der Waals surface area contributed by atoms with Gasteiger partial charge in [0.2, 0.25) is 0 Å². The van der Waals surface area contributed by atoms with Crippen molar-refractivity contribution in [2.75, 3.05) is 20.1 Å². The number of rotatable bonds is 8. The van der Waals surface area contributed by atoms with E-state index >= 15 is 0 Å². The van der Waals surface area contributed by atoms with Gasteiger partial charge in [-0.25, -0.2) is 0 Å². The van der Waals surface area contributed by atoms with Gasteiger partial charge in [-0.2, -0.15) is 0 Å². The van der Waals surface area contributed by atoms with E-state index in [0.717, 1.165) is 25.9 Å². The molecule has 1 rings (SSSR count). The first-order valence-electron chi connectivity index (χ1n) is 6.66. The Bertz CT molecular complexity index is 390. The molecule has 0 fully saturated rings. The highest BCUT2D eigenvalue weighted by Gasteiger charge is 2.26. The van der Waals surface area contributed by atoms with E-state index in [9.17, 15) is 4.79 Å². The summed E-state index contributed by atoms with van der Waals surface area (Å²) in [7, 11) is 2.05. The van der Waals surface area contributed by atoms with Crippen LogP contribution in [0.3, 0.4) is 0 Å². The number of hydrogen-bond donors (Lipinski definition) is 2. The van der Waals surface area contributed by atoms with Gasteiger partial charge < -0.3 is 15.7 Å². The van der Waals surface area contributed by atoms with Gasteiger partial charge in [-0.05, 0) is 45.3 Å². The van der Waals surface area contributed by atoms with Gasteiger partial charge in [0, 0.05) is 6.54 Å². The minimum Gasteiger partial charge on any atom is -0.480 e. The minimum absolute atomic E-state index is 0.498. The van der Waals surface area contributed by atoms with E-state index in [-0.39, 0.29) is 0 Å². The van der Waals surface area contributed by atoms with Crippen LogP contribution >= 0.6 is 0 Å². The molecule has 19 heavy (non-hydrogen) atoms. The third-order valence-corrected chi connectivity index (χ3v) is 3.35. The number of carbonyl (C=O) groups is 1. The van der Waals surface area contributed by atoms with E-state index in [1.54, 1.807) is 6.92 Å². The van der Waals surface area contributed by atoms with Gasteiger partial charge in [-0.15, -0.1) is 0 Å². The van der Waals surface area contributed by atoms with Crippen LogP contribution < -0.4 is 5.73 Å². The van der Waals surface area contributed by atoms with Gasteiger partial charge in [-0.1, -0.05) is 30.3 Å². The number of carboxylic acid groups (broad SMARTS) is 1. The number of nitrogens with zero attached hydrogens (tertiary/aromatic N) is 1. The molecule has 4 heteroatoms. The number of nitrogens with two attached hydrogens (primary N) is 1. The van der Waals surface area contributed by atoms with Crippen molar-refractivity contribution in [1.29, 1.82) is 0 Å². The predicted octanol–water partition coefficient (Wildman–Crippen LogP) is 1.74. The number of likely N-dealkylation sites (N-methyl/N-ethyl adjacent to an activating group) is 1. The average molecular weight is 264 g/mol. The van der Waals surface area contributed by atoms with E-state index in [4.69, 9.17) is 10.8 Å². The Morgan fingerprint density at radius 1 is 1.32 bits per heavy atom. The fourth-order valence-corrected chi connectivity index (χ4v) is 1.90. The number of carboxylic acids is 1. The standard InChI is InChI=1S/C15H24N2O2/c1-15(16,14(18)19)10-6-11-17(2)12-9-13-7-4-3-5-8-13/h3-5,7-8H,6,9-12,16H2,1-2H3,(H,18,19). The summed E-state index contributed by atoms with van der Waals surface area (Å²) in [4.78, 5) is 13.1. The molecule has 4 nitrogen and oxygen atoms in total. The Morgan fingerprint density at radius 3 is 2.53 bits per heavy atom. The second-order valence-corrected chi connectivity index (χ2v) is 5.37. The summed E-state index contributed by atoms with van der Waals surface area (Å²) in [5.41, 5.74) is 5.90.